The van der Waals surface area contributed by atoms with Gasteiger partial charge >= 0.3 is 0 Å². The molecule has 1 aliphatic rings. The lowest BCUT2D eigenvalue weighted by atomic mass is 10.2. The molecule has 0 fully saturated rings. The van der Waals surface area contributed by atoms with Gasteiger partial charge in [-0.25, -0.2) is 0 Å². The molecule has 0 bridgehead atoms. The number of benzene rings is 1. The third-order valence-corrected chi connectivity index (χ3v) is 2.17. The fraction of sp³-hybridized carbons (Fsp3) is 0.273. The molecule has 1 aromatic carbocycles. The zero-order valence-corrected chi connectivity index (χ0v) is 8.10. The quantitative estimate of drug-likeness (QED) is 0.591. The molecule has 0 aromatic heterocycles. The third-order valence-electron chi connectivity index (χ3n) is 2.17. The lowest BCUT2D eigenvalue weighted by Gasteiger charge is -1.92. The van der Waals surface area contributed by atoms with Crippen molar-refractivity contribution in [3.8, 4) is 0 Å². The van der Waals surface area contributed by atoms with Crippen molar-refractivity contribution in [3.63, 3.8) is 0 Å². The molecule has 1 aromatic rings. The first-order valence-electron chi connectivity index (χ1n) is 4.67. The van der Waals surface area contributed by atoms with Crippen LogP contribution in [0.3, 0.4) is 0 Å². The average Bonchev–Trinajstić information content (AvgIpc) is 2.56. The normalized spacial score (nSPS) is 18.6. The van der Waals surface area contributed by atoms with E-state index in [0.29, 0.717) is 13.0 Å². The smallest absolute Gasteiger partial charge is 0.203 e. The van der Waals surface area contributed by atoms with E-state index in [-0.39, 0.29) is 5.90 Å². The first-order chi connectivity index (χ1) is 6.74. The van der Waals surface area contributed by atoms with Gasteiger partial charge in [0.15, 0.2) is 6.54 Å². The molecule has 3 heteroatoms. The van der Waals surface area contributed by atoms with E-state index in [4.69, 9.17) is 0 Å². The van der Waals surface area contributed by atoms with Gasteiger partial charge in [0.2, 0.25) is 6.21 Å². The fourth-order valence-electron chi connectivity index (χ4n) is 1.37. The van der Waals surface area contributed by atoms with Crippen LogP contribution in [0.2, 0.25) is 0 Å². The predicted molar refractivity (Wildman–Crippen MR) is 53.5 cm³/mol. The van der Waals surface area contributed by atoms with E-state index in [1.807, 2.05) is 37.4 Å². The zero-order chi connectivity index (χ0) is 9.97. The van der Waals surface area contributed by atoms with E-state index >= 15 is 0 Å². The topological polar surface area (TPSA) is 38.4 Å². The lowest BCUT2D eigenvalue weighted by molar-refractivity contribution is -0.519. The fourth-order valence-corrected chi connectivity index (χ4v) is 1.37. The maximum atomic E-state index is 10.9. The van der Waals surface area contributed by atoms with Gasteiger partial charge < -0.3 is 5.11 Å². The molecule has 72 valence electrons. The third kappa shape index (κ3) is 1.99. The first-order valence-corrected chi connectivity index (χ1v) is 4.67. The Morgan fingerprint density at radius 1 is 1.36 bits per heavy atom. The summed E-state index contributed by atoms with van der Waals surface area (Å²) in [6.45, 7) is 2.75. The second-order valence-corrected chi connectivity index (χ2v) is 3.45. The van der Waals surface area contributed by atoms with Crippen molar-refractivity contribution < 1.29 is 9.79 Å². The minimum absolute atomic E-state index is 0.0339. The monoisotopic (exact) mass is 188 g/mol. The van der Waals surface area contributed by atoms with Crippen LogP contribution in [-0.4, -0.2) is 23.3 Å². The molecule has 14 heavy (non-hydrogen) atoms. The molecule has 0 saturated carbocycles. The summed E-state index contributed by atoms with van der Waals surface area (Å²) >= 11 is 0. The van der Waals surface area contributed by atoms with Crippen LogP contribution in [0.5, 0.6) is 0 Å². The summed E-state index contributed by atoms with van der Waals surface area (Å²) in [6, 6.07) is 8.13. The van der Waals surface area contributed by atoms with Gasteiger partial charge in [0.1, 0.15) is 0 Å². The first kappa shape index (κ1) is 8.94. The van der Waals surface area contributed by atoms with Crippen LogP contribution in [0, 0.1) is 6.92 Å². The molecule has 3 nitrogen and oxygen atoms in total. The maximum Gasteiger partial charge on any atom is 0.203 e. The molecule has 0 aliphatic carbocycles. The molecule has 0 N–H and O–H groups in total. The van der Waals surface area contributed by atoms with Crippen LogP contribution in [0.4, 0.5) is 0 Å². The van der Waals surface area contributed by atoms with Gasteiger partial charge in [-0.05, 0) is 24.2 Å². The predicted octanol–water partition coefficient (Wildman–Crippen LogP) is 0.504. The number of hydrogen-bond acceptors (Lipinski definition) is 2. The molecule has 0 spiro atoms. The van der Waals surface area contributed by atoms with Crippen molar-refractivity contribution in [2.24, 2.45) is 5.10 Å². The Bertz CT molecular complexity index is 390. The van der Waals surface area contributed by atoms with Gasteiger partial charge in [-0.3, -0.25) is 0 Å². The van der Waals surface area contributed by atoms with Crippen LogP contribution in [-0.2, 0) is 0 Å². The Morgan fingerprint density at radius 2 is 2.07 bits per heavy atom. The molecule has 2 rings (SSSR count). The molecule has 0 unspecified atom stereocenters. The van der Waals surface area contributed by atoms with Crippen LogP contribution in [0.15, 0.2) is 29.4 Å². The van der Waals surface area contributed by atoms with Crippen molar-refractivity contribution in [1.29, 1.82) is 0 Å². The van der Waals surface area contributed by atoms with Crippen LogP contribution < -0.4 is 5.11 Å². The second-order valence-electron chi connectivity index (χ2n) is 3.45. The standard InChI is InChI=1S/C11H12N2O/c1-9-2-4-10(5-3-9)8-13-7-6-11(14)12-13/h2-5,8H,6-7H2,1H3/b13-8-. The highest BCUT2D eigenvalue weighted by Gasteiger charge is 2.10. The minimum atomic E-state index is -0.0339. The molecule has 0 amide bonds. The van der Waals surface area contributed by atoms with E-state index < -0.39 is 0 Å². The highest BCUT2D eigenvalue weighted by atomic mass is 16.3. The van der Waals surface area contributed by atoms with Gasteiger partial charge in [0.25, 0.3) is 0 Å². The summed E-state index contributed by atoms with van der Waals surface area (Å²) in [6.07, 6.45) is 2.42. The minimum Gasteiger partial charge on any atom is -0.857 e. The summed E-state index contributed by atoms with van der Waals surface area (Å²) in [5, 5.41) is 14.7. The lowest BCUT2D eigenvalue weighted by Crippen LogP contribution is -2.13. The van der Waals surface area contributed by atoms with Crippen molar-refractivity contribution >= 4 is 12.1 Å². The Labute approximate surface area is 83.0 Å². The Balaban J connectivity index is 2.22. The summed E-state index contributed by atoms with van der Waals surface area (Å²) in [5.41, 5.74) is 2.31. The number of hydrogen-bond donors (Lipinski definition) is 0. The van der Waals surface area contributed by atoms with E-state index in [9.17, 15) is 5.11 Å². The summed E-state index contributed by atoms with van der Waals surface area (Å²) in [4.78, 5) is 0. The van der Waals surface area contributed by atoms with Crippen molar-refractivity contribution in [1.82, 2.24) is 0 Å². The Kier molecular flexibility index (Phi) is 2.31. The van der Waals surface area contributed by atoms with Gasteiger partial charge in [0, 0.05) is 17.9 Å². The van der Waals surface area contributed by atoms with Crippen LogP contribution in [0.25, 0.3) is 0 Å². The van der Waals surface area contributed by atoms with Gasteiger partial charge in [-0.15, -0.1) is 0 Å². The van der Waals surface area contributed by atoms with Crippen LogP contribution in [0.1, 0.15) is 17.5 Å². The second kappa shape index (κ2) is 3.62. The summed E-state index contributed by atoms with van der Waals surface area (Å²) < 4.78 is 1.70. The number of aryl methyl sites for hydroxylation is 1. The summed E-state index contributed by atoms with van der Waals surface area (Å²) in [7, 11) is 0. The Hall–Kier alpha value is -1.64. The van der Waals surface area contributed by atoms with Crippen molar-refractivity contribution in [3.05, 3.63) is 35.4 Å². The highest BCUT2D eigenvalue weighted by molar-refractivity contribution is 5.77. The largest absolute Gasteiger partial charge is 0.857 e. The van der Waals surface area contributed by atoms with E-state index in [1.54, 1.807) is 4.68 Å². The zero-order valence-electron chi connectivity index (χ0n) is 8.10. The van der Waals surface area contributed by atoms with E-state index in [2.05, 4.69) is 5.10 Å². The van der Waals surface area contributed by atoms with Crippen molar-refractivity contribution in [2.45, 2.75) is 13.3 Å². The van der Waals surface area contributed by atoms with Crippen LogP contribution >= 0.6 is 0 Å². The number of rotatable bonds is 1. The molecule has 0 radical (unpaired) electrons. The molecule has 0 atom stereocenters. The maximum absolute atomic E-state index is 10.9. The molecule has 1 aliphatic heterocycles. The molecular weight excluding hydrogens is 176 g/mol. The average molecular weight is 188 g/mol. The molecule has 1 heterocycles. The molecular formula is C11H12N2O. The van der Waals surface area contributed by atoms with Gasteiger partial charge in [0.05, 0.1) is 0 Å². The van der Waals surface area contributed by atoms with Gasteiger partial charge in [-0.2, -0.15) is 0 Å². The molecule has 0 saturated heterocycles. The van der Waals surface area contributed by atoms with E-state index in [1.165, 1.54) is 5.56 Å². The number of hydrazone groups is 1. The highest BCUT2D eigenvalue weighted by Crippen LogP contribution is 2.02. The Morgan fingerprint density at radius 3 is 2.64 bits per heavy atom. The number of nitrogens with zero attached hydrogens (tertiary/aromatic N) is 2. The van der Waals surface area contributed by atoms with Crippen molar-refractivity contribution in [2.75, 3.05) is 6.54 Å². The SMILES string of the molecule is Cc1ccc(/C=[N+]2/CCC([O-])=N2)cc1. The summed E-state index contributed by atoms with van der Waals surface area (Å²) in [5.74, 6) is -0.0339. The van der Waals surface area contributed by atoms with Gasteiger partial charge in [-0.1, -0.05) is 22.4 Å². The van der Waals surface area contributed by atoms with E-state index in [0.717, 1.165) is 5.56 Å².